The van der Waals surface area contributed by atoms with E-state index in [4.69, 9.17) is 9.47 Å². The molecule has 1 amide bonds. The molecule has 10 heteroatoms. The van der Waals surface area contributed by atoms with Crippen LogP contribution in [0.5, 0.6) is 0 Å². The van der Waals surface area contributed by atoms with Crippen molar-refractivity contribution in [1.29, 1.82) is 0 Å². The highest BCUT2D eigenvalue weighted by molar-refractivity contribution is 5.94. The lowest BCUT2D eigenvalue weighted by Gasteiger charge is -2.43. The number of amides is 1. The third-order valence-corrected chi connectivity index (χ3v) is 5.51. The van der Waals surface area contributed by atoms with Gasteiger partial charge in [0.1, 0.15) is 5.60 Å². The number of rotatable bonds is 4. The molecule has 2 heterocycles. The van der Waals surface area contributed by atoms with E-state index in [1.165, 1.54) is 24.1 Å². The molecule has 1 fully saturated rings. The number of alkyl halides is 3. The molecule has 0 bridgehead atoms. The number of hydrogen-bond acceptors (Lipinski definition) is 6. The van der Waals surface area contributed by atoms with Crippen LogP contribution in [-0.4, -0.2) is 53.4 Å². The number of esters is 1. The smallest absolute Gasteiger partial charge is 0.418 e. The fourth-order valence-electron chi connectivity index (χ4n) is 4.19. The van der Waals surface area contributed by atoms with Crippen molar-refractivity contribution in [1.82, 2.24) is 9.88 Å². The molecule has 2 aromatic rings. The number of aromatic nitrogens is 1. The van der Waals surface area contributed by atoms with Crippen molar-refractivity contribution < 1.29 is 32.2 Å². The van der Waals surface area contributed by atoms with Crippen LogP contribution in [-0.2, 0) is 20.4 Å². The Labute approximate surface area is 196 Å². The summed E-state index contributed by atoms with van der Waals surface area (Å²) in [6.07, 6.45) is -3.19. The maximum Gasteiger partial charge on any atom is 0.418 e. The second-order valence-electron chi connectivity index (χ2n) is 9.64. The molecule has 2 atom stereocenters. The number of benzene rings is 1. The van der Waals surface area contributed by atoms with Crippen LogP contribution in [0.3, 0.4) is 0 Å². The molecule has 1 aromatic carbocycles. The first-order chi connectivity index (χ1) is 15.8. The van der Waals surface area contributed by atoms with Crippen molar-refractivity contribution in [2.24, 2.45) is 5.92 Å². The predicted molar refractivity (Wildman–Crippen MR) is 121 cm³/mol. The van der Waals surface area contributed by atoms with E-state index in [9.17, 15) is 22.8 Å². The number of fused-ring (bicyclic) bond motifs is 1. The molecule has 0 spiro atoms. The Morgan fingerprint density at radius 2 is 1.88 bits per heavy atom. The molecular weight excluding hydrogens is 451 g/mol. The summed E-state index contributed by atoms with van der Waals surface area (Å²) in [4.78, 5) is 31.7. The van der Waals surface area contributed by atoms with Crippen molar-refractivity contribution in [3.8, 4) is 0 Å². The third kappa shape index (κ3) is 6.09. The molecule has 1 aliphatic rings. The number of anilines is 1. The Hall–Kier alpha value is -3.04. The zero-order valence-corrected chi connectivity index (χ0v) is 20.0. The van der Waals surface area contributed by atoms with E-state index in [0.29, 0.717) is 30.6 Å². The maximum absolute atomic E-state index is 13.5. The van der Waals surface area contributed by atoms with Gasteiger partial charge < -0.3 is 14.4 Å². The van der Waals surface area contributed by atoms with Crippen molar-refractivity contribution in [2.75, 3.05) is 24.7 Å². The molecule has 0 radical (unpaired) electrons. The monoisotopic (exact) mass is 481 g/mol. The zero-order chi connectivity index (χ0) is 25.3. The van der Waals surface area contributed by atoms with Gasteiger partial charge in [0.2, 0.25) is 0 Å². The van der Waals surface area contributed by atoms with E-state index in [-0.39, 0.29) is 24.2 Å². The summed E-state index contributed by atoms with van der Waals surface area (Å²) in [6, 6.07) is 5.33. The fourth-order valence-corrected chi connectivity index (χ4v) is 4.19. The number of carbonyl (C=O) groups excluding carboxylic acids is 2. The van der Waals surface area contributed by atoms with Crippen molar-refractivity contribution in [3.63, 3.8) is 0 Å². The van der Waals surface area contributed by atoms with Gasteiger partial charge in [0.05, 0.1) is 17.1 Å². The summed E-state index contributed by atoms with van der Waals surface area (Å²) in [6.45, 7) is 9.13. The molecule has 0 saturated carbocycles. The minimum Gasteiger partial charge on any atom is -0.444 e. The molecule has 0 unspecified atom stereocenters. The van der Waals surface area contributed by atoms with Crippen LogP contribution in [0.4, 0.5) is 23.7 Å². The van der Waals surface area contributed by atoms with Crippen LogP contribution >= 0.6 is 0 Å². The Bertz CT molecular complexity index is 1050. The molecule has 0 aliphatic carbocycles. The van der Waals surface area contributed by atoms with Crippen LogP contribution in [0.25, 0.3) is 10.9 Å². The van der Waals surface area contributed by atoms with Gasteiger partial charge in [-0.25, -0.2) is 4.79 Å². The first-order valence-corrected chi connectivity index (χ1v) is 11.1. The van der Waals surface area contributed by atoms with Crippen LogP contribution in [0, 0.1) is 5.92 Å². The molecule has 7 nitrogen and oxygen atoms in total. The van der Waals surface area contributed by atoms with Crippen LogP contribution in [0.2, 0.25) is 0 Å². The predicted octanol–water partition coefficient (Wildman–Crippen LogP) is 5.23. The summed E-state index contributed by atoms with van der Waals surface area (Å²) >= 11 is 0. The zero-order valence-electron chi connectivity index (χ0n) is 20.0. The average molecular weight is 482 g/mol. The lowest BCUT2D eigenvalue weighted by atomic mass is 9.93. The highest BCUT2D eigenvalue weighted by Gasteiger charge is 2.37. The number of hydrogen-bond donors (Lipinski definition) is 0. The number of nitrogens with zero attached hydrogens (tertiary/aromatic N) is 3. The summed E-state index contributed by atoms with van der Waals surface area (Å²) < 4.78 is 51.3. The Kier molecular flexibility index (Phi) is 7.28. The highest BCUT2D eigenvalue weighted by atomic mass is 19.4. The number of pyridine rings is 1. The summed E-state index contributed by atoms with van der Waals surface area (Å²) in [7, 11) is 0. The fraction of sp³-hybridized carbons (Fsp3) is 0.542. The molecule has 1 saturated heterocycles. The SMILES string of the molecule is CC(=O)OCN(C(=O)OC(C)(C)C)[C@@H]1C[C@H](C)CN(c2ccc(C(F)(F)F)c3ncccc23)C1. The second kappa shape index (κ2) is 9.68. The number of piperidine rings is 1. The Morgan fingerprint density at radius 1 is 1.18 bits per heavy atom. The van der Waals surface area contributed by atoms with E-state index in [0.717, 1.165) is 6.07 Å². The third-order valence-electron chi connectivity index (χ3n) is 5.51. The van der Waals surface area contributed by atoms with E-state index in [1.54, 1.807) is 32.9 Å². The average Bonchev–Trinajstić information content (AvgIpc) is 2.70. The first-order valence-electron chi connectivity index (χ1n) is 11.1. The van der Waals surface area contributed by atoms with Crippen molar-refractivity contribution in [3.05, 3.63) is 36.0 Å². The Balaban J connectivity index is 1.96. The quantitative estimate of drug-likeness (QED) is 0.440. The van der Waals surface area contributed by atoms with Gasteiger partial charge in [0, 0.05) is 37.3 Å². The van der Waals surface area contributed by atoms with Gasteiger partial charge in [-0.1, -0.05) is 6.92 Å². The molecule has 186 valence electrons. The second-order valence-corrected chi connectivity index (χ2v) is 9.64. The van der Waals surface area contributed by atoms with Crippen LogP contribution in [0.15, 0.2) is 30.5 Å². The standard InChI is InChI=1S/C24H30F3N3O4/c1-15-11-17(30(14-33-16(2)31)22(32)34-23(3,4)5)13-29(12-15)20-9-8-19(24(25,26)27)21-18(20)7-6-10-28-21/h6-10,15,17H,11-14H2,1-5H3/t15-,17+/m0/s1. The van der Waals surface area contributed by atoms with E-state index >= 15 is 0 Å². The van der Waals surface area contributed by atoms with E-state index in [2.05, 4.69) is 4.98 Å². The number of ether oxygens (including phenoxy) is 2. The molecule has 0 N–H and O–H groups in total. The first kappa shape index (κ1) is 25.6. The highest BCUT2D eigenvalue weighted by Crippen LogP contribution is 2.38. The molecule has 1 aromatic heterocycles. The van der Waals surface area contributed by atoms with Crippen LogP contribution < -0.4 is 4.90 Å². The van der Waals surface area contributed by atoms with E-state index in [1.807, 2.05) is 11.8 Å². The molecule has 1 aliphatic heterocycles. The van der Waals surface area contributed by atoms with Gasteiger partial charge in [0.15, 0.2) is 6.73 Å². The lowest BCUT2D eigenvalue weighted by Crippen LogP contribution is -2.54. The Morgan fingerprint density at radius 3 is 2.50 bits per heavy atom. The minimum atomic E-state index is -4.53. The number of carbonyl (C=O) groups is 2. The van der Waals surface area contributed by atoms with Gasteiger partial charge in [-0.05, 0) is 57.4 Å². The van der Waals surface area contributed by atoms with Crippen LogP contribution in [0.1, 0.15) is 46.6 Å². The van der Waals surface area contributed by atoms with Crippen molar-refractivity contribution >= 4 is 28.7 Å². The minimum absolute atomic E-state index is 0.107. The van der Waals surface area contributed by atoms with Crippen molar-refractivity contribution in [2.45, 2.75) is 58.9 Å². The van der Waals surface area contributed by atoms with Gasteiger partial charge in [-0.3, -0.25) is 14.7 Å². The normalized spacial score (nSPS) is 19.1. The largest absolute Gasteiger partial charge is 0.444 e. The van der Waals surface area contributed by atoms with E-state index < -0.39 is 29.4 Å². The maximum atomic E-state index is 13.5. The summed E-state index contributed by atoms with van der Waals surface area (Å²) in [5.41, 5.74) is -1.06. The van der Waals surface area contributed by atoms with Gasteiger partial charge in [0.25, 0.3) is 0 Å². The topological polar surface area (TPSA) is 72.0 Å². The molecule has 34 heavy (non-hydrogen) atoms. The van der Waals surface area contributed by atoms with Gasteiger partial charge in [-0.2, -0.15) is 13.2 Å². The summed E-state index contributed by atoms with van der Waals surface area (Å²) in [5.74, 6) is -0.427. The lowest BCUT2D eigenvalue weighted by molar-refractivity contribution is -0.146. The number of halogens is 3. The summed E-state index contributed by atoms with van der Waals surface area (Å²) in [5, 5.41) is 0.383. The molecule has 3 rings (SSSR count). The van der Waals surface area contributed by atoms with Gasteiger partial charge >= 0.3 is 18.2 Å². The van der Waals surface area contributed by atoms with Gasteiger partial charge in [-0.15, -0.1) is 0 Å². The molecular formula is C24H30F3N3O4.